The molecule has 23 heavy (non-hydrogen) atoms. The number of carbonyl (C=O) groups excluding carboxylic acids is 2. The first kappa shape index (κ1) is 14.8. The van der Waals surface area contributed by atoms with Gasteiger partial charge in [-0.25, -0.2) is 0 Å². The van der Waals surface area contributed by atoms with Crippen LogP contribution in [0.3, 0.4) is 0 Å². The minimum atomic E-state index is -1.38. The monoisotopic (exact) mass is 308 g/mol. The molecule has 0 aromatic heterocycles. The second-order valence-corrected chi connectivity index (χ2v) is 5.04. The topological polar surface area (TPSA) is 84.8 Å². The average molecular weight is 308 g/mol. The Balaban J connectivity index is 1.76. The molecule has 0 spiro atoms. The number of benzene rings is 2. The summed E-state index contributed by atoms with van der Waals surface area (Å²) in [7, 11) is 0. The molecule has 1 heterocycles. The summed E-state index contributed by atoms with van der Waals surface area (Å²) in [6, 6.07) is 15.6. The zero-order valence-electron chi connectivity index (χ0n) is 12.2. The van der Waals surface area contributed by atoms with E-state index in [1.165, 1.54) is 12.1 Å². The Hall–Kier alpha value is -3.15. The molecule has 1 amide bonds. The van der Waals surface area contributed by atoms with E-state index in [4.69, 9.17) is 0 Å². The van der Waals surface area contributed by atoms with Crippen molar-refractivity contribution < 1.29 is 14.7 Å². The van der Waals surface area contributed by atoms with Crippen LogP contribution < -0.4 is 15.4 Å². The fourth-order valence-corrected chi connectivity index (χ4v) is 2.39. The Morgan fingerprint density at radius 1 is 1.00 bits per heavy atom. The first-order chi connectivity index (χ1) is 11.1. The van der Waals surface area contributed by atoms with E-state index < -0.39 is 11.9 Å². The number of hydrazone groups is 1. The molecule has 1 N–H and O–H groups in total. The minimum absolute atomic E-state index is 0.0633. The smallest absolute Gasteiger partial charge is 0.257 e. The second-order valence-electron chi connectivity index (χ2n) is 5.04. The molecule has 3 rings (SSSR count). The summed E-state index contributed by atoms with van der Waals surface area (Å²) in [5.41, 5.74) is 0.865. The van der Waals surface area contributed by atoms with Gasteiger partial charge in [-0.1, -0.05) is 36.4 Å². The first-order valence-electron chi connectivity index (χ1n) is 7.17. The van der Waals surface area contributed by atoms with E-state index in [2.05, 4.69) is 10.4 Å². The Labute approximate surface area is 133 Å². The fourth-order valence-electron chi connectivity index (χ4n) is 2.39. The highest BCUT2D eigenvalue weighted by Crippen LogP contribution is 2.18. The molecule has 0 saturated carbocycles. The number of hydrogen-bond donors (Lipinski definition) is 1. The Bertz CT molecular complexity index is 772. The molecule has 0 fully saturated rings. The number of amidine groups is 1. The summed E-state index contributed by atoms with van der Waals surface area (Å²) in [5, 5.41) is 19.9. The molecule has 0 aliphatic carbocycles. The Morgan fingerprint density at radius 2 is 1.65 bits per heavy atom. The molecule has 0 atom stereocenters. The lowest BCUT2D eigenvalue weighted by atomic mass is 10.1. The number of para-hydroxylation sites is 1. The van der Waals surface area contributed by atoms with Crippen molar-refractivity contribution in [3.63, 3.8) is 0 Å². The van der Waals surface area contributed by atoms with Crippen LogP contribution in [-0.4, -0.2) is 24.3 Å². The van der Waals surface area contributed by atoms with E-state index in [-0.39, 0.29) is 11.1 Å². The molecule has 6 heteroatoms. The van der Waals surface area contributed by atoms with Crippen molar-refractivity contribution in [2.24, 2.45) is 5.10 Å². The summed E-state index contributed by atoms with van der Waals surface area (Å²) in [5.74, 6) is -1.37. The lowest BCUT2D eigenvalue weighted by Crippen LogP contribution is -2.32. The molecule has 0 radical (unpaired) electrons. The molecular formula is C17H14N3O3-. The highest BCUT2D eigenvalue weighted by Gasteiger charge is 2.19. The first-order valence-corrected chi connectivity index (χ1v) is 7.17. The average Bonchev–Trinajstić information content (AvgIpc) is 3.04. The third-order valence-corrected chi connectivity index (χ3v) is 3.51. The van der Waals surface area contributed by atoms with E-state index in [0.717, 1.165) is 5.69 Å². The quantitative estimate of drug-likeness (QED) is 0.917. The van der Waals surface area contributed by atoms with Crippen LogP contribution in [0.4, 0.5) is 5.69 Å². The highest BCUT2D eigenvalue weighted by molar-refractivity contribution is 6.11. The van der Waals surface area contributed by atoms with Crippen molar-refractivity contribution in [2.75, 3.05) is 11.6 Å². The van der Waals surface area contributed by atoms with Gasteiger partial charge in [0.05, 0.1) is 11.7 Å². The Kier molecular flexibility index (Phi) is 4.05. The van der Waals surface area contributed by atoms with Crippen molar-refractivity contribution in [3.8, 4) is 0 Å². The third kappa shape index (κ3) is 3.21. The molecule has 0 saturated heterocycles. The van der Waals surface area contributed by atoms with Crippen LogP contribution in [0.1, 0.15) is 27.1 Å². The van der Waals surface area contributed by atoms with E-state index in [0.29, 0.717) is 18.8 Å². The lowest BCUT2D eigenvalue weighted by Gasteiger charge is -2.12. The lowest BCUT2D eigenvalue weighted by molar-refractivity contribution is -0.255. The summed E-state index contributed by atoms with van der Waals surface area (Å²) < 4.78 is 0. The number of carbonyl (C=O) groups is 2. The number of carboxylic acids is 1. The summed E-state index contributed by atoms with van der Waals surface area (Å²) in [6.45, 7) is 0.655. The normalized spacial score (nSPS) is 13.6. The number of hydrogen-bond acceptors (Lipinski definition) is 5. The van der Waals surface area contributed by atoms with E-state index >= 15 is 0 Å². The van der Waals surface area contributed by atoms with Crippen LogP contribution in [-0.2, 0) is 0 Å². The van der Waals surface area contributed by atoms with Gasteiger partial charge in [-0.15, -0.1) is 0 Å². The number of carboxylic acid groups (broad SMARTS) is 1. The number of aromatic carboxylic acids is 1. The number of nitrogens with zero attached hydrogens (tertiary/aromatic N) is 2. The van der Waals surface area contributed by atoms with Gasteiger partial charge in [-0.05, 0) is 18.2 Å². The molecular weight excluding hydrogens is 294 g/mol. The molecule has 0 unspecified atom stereocenters. The number of amides is 1. The van der Waals surface area contributed by atoms with Gasteiger partial charge in [-0.3, -0.25) is 9.80 Å². The minimum Gasteiger partial charge on any atom is -0.545 e. The SMILES string of the molecule is O=C([O-])c1ccccc1C(=O)NC1=NN(c2ccccc2)CC1. The number of nitrogens with one attached hydrogen (secondary N) is 1. The fraction of sp³-hybridized carbons (Fsp3) is 0.118. The molecule has 6 nitrogen and oxygen atoms in total. The third-order valence-electron chi connectivity index (χ3n) is 3.51. The molecule has 2 aromatic rings. The number of anilines is 1. The molecule has 0 bridgehead atoms. The molecule has 116 valence electrons. The van der Waals surface area contributed by atoms with Crippen molar-refractivity contribution in [1.29, 1.82) is 0 Å². The summed E-state index contributed by atoms with van der Waals surface area (Å²) >= 11 is 0. The van der Waals surface area contributed by atoms with E-state index in [9.17, 15) is 14.7 Å². The maximum absolute atomic E-state index is 12.3. The molecule has 1 aliphatic rings. The van der Waals surface area contributed by atoms with Crippen LogP contribution in [0.25, 0.3) is 0 Å². The zero-order chi connectivity index (χ0) is 16.2. The highest BCUT2D eigenvalue weighted by atomic mass is 16.4. The van der Waals surface area contributed by atoms with Crippen LogP contribution in [0, 0.1) is 0 Å². The van der Waals surface area contributed by atoms with Crippen LogP contribution in [0.2, 0.25) is 0 Å². The van der Waals surface area contributed by atoms with Crippen LogP contribution >= 0.6 is 0 Å². The van der Waals surface area contributed by atoms with E-state index in [1.54, 1.807) is 17.1 Å². The largest absolute Gasteiger partial charge is 0.545 e. The molecule has 2 aromatic carbocycles. The van der Waals surface area contributed by atoms with Gasteiger partial charge in [0, 0.05) is 24.1 Å². The summed E-state index contributed by atoms with van der Waals surface area (Å²) in [4.78, 5) is 23.3. The van der Waals surface area contributed by atoms with Crippen molar-refractivity contribution >= 4 is 23.4 Å². The maximum Gasteiger partial charge on any atom is 0.257 e. The maximum atomic E-state index is 12.3. The predicted octanol–water partition coefficient (Wildman–Crippen LogP) is 1.00. The van der Waals surface area contributed by atoms with Gasteiger partial charge in [0.2, 0.25) is 0 Å². The molecule has 1 aliphatic heterocycles. The predicted molar refractivity (Wildman–Crippen MR) is 84.1 cm³/mol. The van der Waals surface area contributed by atoms with Crippen LogP contribution in [0.5, 0.6) is 0 Å². The zero-order valence-corrected chi connectivity index (χ0v) is 12.2. The van der Waals surface area contributed by atoms with Gasteiger partial charge < -0.3 is 15.2 Å². The van der Waals surface area contributed by atoms with Gasteiger partial charge in [0.15, 0.2) is 0 Å². The van der Waals surface area contributed by atoms with Crippen molar-refractivity contribution in [3.05, 3.63) is 65.7 Å². The standard InChI is InChI=1S/C17H15N3O3/c21-16(13-8-4-5-9-14(13)17(22)23)18-15-10-11-20(19-15)12-6-2-1-3-7-12/h1-9H,10-11H2,(H,22,23)(H,18,19,21)/p-1. The second kappa shape index (κ2) is 6.31. The van der Waals surface area contributed by atoms with Crippen molar-refractivity contribution in [1.82, 2.24) is 5.32 Å². The van der Waals surface area contributed by atoms with Gasteiger partial charge in [-0.2, -0.15) is 5.10 Å². The number of rotatable bonds is 3. The Morgan fingerprint density at radius 3 is 2.35 bits per heavy atom. The van der Waals surface area contributed by atoms with Crippen molar-refractivity contribution in [2.45, 2.75) is 6.42 Å². The van der Waals surface area contributed by atoms with Gasteiger partial charge in [0.1, 0.15) is 5.84 Å². The van der Waals surface area contributed by atoms with E-state index in [1.807, 2.05) is 30.3 Å². The summed E-state index contributed by atoms with van der Waals surface area (Å²) in [6.07, 6.45) is 0.578. The van der Waals surface area contributed by atoms with Gasteiger partial charge >= 0.3 is 0 Å². The van der Waals surface area contributed by atoms with Gasteiger partial charge in [0.25, 0.3) is 5.91 Å². The van der Waals surface area contributed by atoms with Crippen LogP contribution in [0.15, 0.2) is 59.7 Å².